The number of benzene rings is 1. The van der Waals surface area contributed by atoms with E-state index < -0.39 is 0 Å². The molecule has 6 N–H and O–H groups in total. The molecular formula is C9H11N3S. The van der Waals surface area contributed by atoms with Crippen molar-refractivity contribution in [3.05, 3.63) is 29.8 Å². The zero-order valence-corrected chi connectivity index (χ0v) is 7.84. The van der Waals surface area contributed by atoms with E-state index in [1.54, 1.807) is 12.1 Å². The molecular weight excluding hydrogens is 182 g/mol. The molecule has 0 aromatic heterocycles. The molecule has 0 bridgehead atoms. The van der Waals surface area contributed by atoms with Crippen LogP contribution >= 0.6 is 12.2 Å². The van der Waals surface area contributed by atoms with Crippen LogP contribution in [-0.2, 0) is 0 Å². The molecule has 0 fully saturated rings. The average molecular weight is 193 g/mol. The van der Waals surface area contributed by atoms with E-state index in [9.17, 15) is 0 Å². The Morgan fingerprint density at radius 3 is 2.23 bits per heavy atom. The second kappa shape index (κ2) is 5.86. The van der Waals surface area contributed by atoms with Gasteiger partial charge < -0.3 is 17.2 Å². The van der Waals surface area contributed by atoms with Gasteiger partial charge in [-0.2, -0.15) is 0 Å². The number of hydrogen-bond acceptors (Lipinski definition) is 2. The predicted octanol–water partition coefficient (Wildman–Crippen LogP) is 0.439. The molecule has 0 heterocycles. The second-order valence-electron chi connectivity index (χ2n) is 2.17. The van der Waals surface area contributed by atoms with Gasteiger partial charge in [-0.3, -0.25) is 0 Å². The van der Waals surface area contributed by atoms with E-state index in [4.69, 9.17) is 12.2 Å². The highest BCUT2D eigenvalue weighted by Crippen LogP contribution is 2.03. The molecule has 1 aromatic carbocycles. The molecule has 68 valence electrons. The van der Waals surface area contributed by atoms with Crippen molar-refractivity contribution in [1.82, 2.24) is 0 Å². The zero-order valence-electron chi connectivity index (χ0n) is 7.03. The predicted molar refractivity (Wildman–Crippen MR) is 59.8 cm³/mol. The van der Waals surface area contributed by atoms with Crippen LogP contribution in [0.1, 0.15) is 5.56 Å². The Morgan fingerprint density at radius 2 is 1.92 bits per heavy atom. The molecule has 4 heteroatoms. The van der Waals surface area contributed by atoms with Crippen LogP contribution < -0.4 is 17.2 Å². The summed E-state index contributed by atoms with van der Waals surface area (Å²) in [6.45, 7) is 0. The van der Waals surface area contributed by atoms with Crippen molar-refractivity contribution in [1.29, 1.82) is 0 Å². The van der Waals surface area contributed by atoms with Gasteiger partial charge in [-0.1, -0.05) is 12.0 Å². The van der Waals surface area contributed by atoms with Gasteiger partial charge in [-0.05, 0) is 30.4 Å². The lowest BCUT2D eigenvalue weighted by molar-refractivity contribution is 1.64. The van der Waals surface area contributed by atoms with E-state index in [1.165, 1.54) is 0 Å². The van der Waals surface area contributed by atoms with Gasteiger partial charge in [0.25, 0.3) is 0 Å². The van der Waals surface area contributed by atoms with Crippen LogP contribution in [0.4, 0.5) is 5.69 Å². The summed E-state index contributed by atoms with van der Waals surface area (Å²) in [7, 11) is 0. The van der Waals surface area contributed by atoms with Crippen LogP contribution in [0.15, 0.2) is 24.3 Å². The molecule has 0 saturated heterocycles. The number of hydrogen-bond donors (Lipinski definition) is 3. The molecule has 0 aliphatic rings. The zero-order chi connectivity index (χ0) is 10.3. The molecule has 0 unspecified atom stereocenters. The Hall–Kier alpha value is -1.73. The van der Waals surface area contributed by atoms with Crippen LogP contribution in [0.2, 0.25) is 0 Å². The van der Waals surface area contributed by atoms with Gasteiger partial charge in [0.2, 0.25) is 0 Å². The lowest BCUT2D eigenvalue weighted by Gasteiger charge is -1.90. The second-order valence-corrected chi connectivity index (χ2v) is 2.64. The van der Waals surface area contributed by atoms with Crippen molar-refractivity contribution in [2.75, 3.05) is 5.73 Å². The largest absolute Gasteiger partial charge is 0.399 e. The van der Waals surface area contributed by atoms with Crippen LogP contribution in [0.5, 0.6) is 0 Å². The molecule has 1 rings (SSSR count). The lowest BCUT2D eigenvalue weighted by Crippen LogP contribution is -2.18. The fourth-order valence-electron chi connectivity index (χ4n) is 0.628. The van der Waals surface area contributed by atoms with Crippen LogP contribution in [-0.4, -0.2) is 5.11 Å². The standard InChI is InChI=1S/C8H7N.CH4N2S/c1-2-7-4-3-5-8(9)6-7;2-1(3)4/h1,3-6H,9H2;(H4,2,3,4). The SMILES string of the molecule is C#Cc1cccc(N)c1.NC(N)=S. The number of anilines is 1. The lowest BCUT2D eigenvalue weighted by atomic mass is 10.2. The fourth-order valence-corrected chi connectivity index (χ4v) is 0.628. The van der Waals surface area contributed by atoms with Crippen molar-refractivity contribution in [2.45, 2.75) is 0 Å². The molecule has 13 heavy (non-hydrogen) atoms. The summed E-state index contributed by atoms with van der Waals surface area (Å²) in [5.74, 6) is 2.49. The van der Waals surface area contributed by atoms with E-state index in [0.29, 0.717) is 5.69 Å². The monoisotopic (exact) mass is 193 g/mol. The average Bonchev–Trinajstić information content (AvgIpc) is 2.03. The van der Waals surface area contributed by atoms with E-state index in [0.717, 1.165) is 5.56 Å². The van der Waals surface area contributed by atoms with Crippen molar-refractivity contribution in [3.8, 4) is 12.3 Å². The summed E-state index contributed by atoms with van der Waals surface area (Å²) < 4.78 is 0. The van der Waals surface area contributed by atoms with Gasteiger partial charge in [-0.15, -0.1) is 6.42 Å². The first-order chi connectivity index (χ1) is 6.06. The van der Waals surface area contributed by atoms with E-state index in [2.05, 4.69) is 29.6 Å². The summed E-state index contributed by atoms with van der Waals surface area (Å²) in [6, 6.07) is 7.25. The third-order valence-corrected chi connectivity index (χ3v) is 1.05. The molecule has 1 aromatic rings. The summed E-state index contributed by atoms with van der Waals surface area (Å²) in [4.78, 5) is 0. The highest BCUT2D eigenvalue weighted by Gasteiger charge is 1.84. The molecule has 0 spiro atoms. The quantitative estimate of drug-likeness (QED) is 0.317. The number of nitrogens with two attached hydrogens (primary N) is 3. The van der Waals surface area contributed by atoms with Gasteiger partial charge in [-0.25, -0.2) is 0 Å². The Bertz CT molecular complexity index is 324. The Balaban J connectivity index is 0.000000310. The minimum atomic E-state index is 0.000000000000000222. The summed E-state index contributed by atoms with van der Waals surface area (Å²) in [6.07, 6.45) is 5.11. The highest BCUT2D eigenvalue weighted by molar-refractivity contribution is 7.80. The van der Waals surface area contributed by atoms with E-state index in [-0.39, 0.29) is 5.11 Å². The first-order valence-corrected chi connectivity index (χ1v) is 3.84. The van der Waals surface area contributed by atoms with Gasteiger partial charge in [0.05, 0.1) is 0 Å². The van der Waals surface area contributed by atoms with Crippen molar-refractivity contribution >= 4 is 23.0 Å². The minimum absolute atomic E-state index is 0.000000000000000222. The van der Waals surface area contributed by atoms with E-state index in [1.807, 2.05) is 12.1 Å². The fraction of sp³-hybridized carbons (Fsp3) is 0. The molecule has 0 amide bonds. The topological polar surface area (TPSA) is 78.1 Å². The smallest absolute Gasteiger partial charge is 0.160 e. The van der Waals surface area contributed by atoms with Crippen LogP contribution in [0, 0.1) is 12.3 Å². The van der Waals surface area contributed by atoms with E-state index >= 15 is 0 Å². The Labute approximate surface area is 82.9 Å². The van der Waals surface area contributed by atoms with Crippen molar-refractivity contribution in [2.24, 2.45) is 11.5 Å². The first-order valence-electron chi connectivity index (χ1n) is 3.43. The summed E-state index contributed by atoms with van der Waals surface area (Å²) >= 11 is 4.09. The number of terminal acetylenes is 1. The Kier molecular flexibility index (Phi) is 5.08. The van der Waals surface area contributed by atoms with Gasteiger partial charge in [0.15, 0.2) is 5.11 Å². The number of nitrogen functional groups attached to an aromatic ring is 1. The molecule has 0 saturated carbocycles. The summed E-state index contributed by atoms with van der Waals surface area (Å²) in [5.41, 5.74) is 16.2. The minimum Gasteiger partial charge on any atom is -0.399 e. The highest BCUT2D eigenvalue weighted by atomic mass is 32.1. The van der Waals surface area contributed by atoms with Crippen LogP contribution in [0.25, 0.3) is 0 Å². The van der Waals surface area contributed by atoms with Gasteiger partial charge >= 0.3 is 0 Å². The number of thiocarbonyl (C=S) groups is 1. The molecule has 0 aliphatic carbocycles. The number of rotatable bonds is 0. The third-order valence-electron chi connectivity index (χ3n) is 1.05. The van der Waals surface area contributed by atoms with Crippen molar-refractivity contribution in [3.63, 3.8) is 0 Å². The molecule has 0 aliphatic heterocycles. The van der Waals surface area contributed by atoms with Gasteiger partial charge in [0.1, 0.15) is 0 Å². The molecule has 0 radical (unpaired) electrons. The maximum absolute atomic E-state index is 5.44. The maximum Gasteiger partial charge on any atom is 0.160 e. The van der Waals surface area contributed by atoms with Crippen molar-refractivity contribution < 1.29 is 0 Å². The summed E-state index contributed by atoms with van der Waals surface area (Å²) in [5, 5.41) is 0.000000000000000222. The third kappa shape index (κ3) is 6.66. The molecule has 3 nitrogen and oxygen atoms in total. The Morgan fingerprint density at radius 1 is 1.38 bits per heavy atom. The van der Waals surface area contributed by atoms with Gasteiger partial charge in [0, 0.05) is 11.3 Å². The first kappa shape index (κ1) is 11.3. The van der Waals surface area contributed by atoms with Crippen LogP contribution in [0.3, 0.4) is 0 Å². The normalized spacial score (nSPS) is 7.62. The maximum atomic E-state index is 5.44. The molecule has 0 atom stereocenters.